The third-order valence-corrected chi connectivity index (χ3v) is 4.90. The van der Waals surface area contributed by atoms with Crippen LogP contribution < -0.4 is 5.32 Å². The summed E-state index contributed by atoms with van der Waals surface area (Å²) in [7, 11) is 0. The molecule has 2 amide bonds. The first-order valence-corrected chi connectivity index (χ1v) is 9.36. The van der Waals surface area contributed by atoms with E-state index < -0.39 is 0 Å². The Morgan fingerprint density at radius 2 is 1.86 bits per heavy atom. The van der Waals surface area contributed by atoms with Crippen LogP contribution in [0.4, 0.5) is 5.69 Å². The van der Waals surface area contributed by atoms with E-state index in [-0.39, 0.29) is 24.2 Å². The molecule has 1 aliphatic heterocycles. The van der Waals surface area contributed by atoms with Gasteiger partial charge < -0.3 is 10.2 Å². The molecule has 0 spiro atoms. The Bertz CT molecular complexity index is 954. The van der Waals surface area contributed by atoms with Crippen molar-refractivity contribution in [1.82, 2.24) is 14.7 Å². The first-order valence-electron chi connectivity index (χ1n) is 9.36. The van der Waals surface area contributed by atoms with E-state index in [0.29, 0.717) is 19.6 Å². The van der Waals surface area contributed by atoms with Crippen LogP contribution in [0.15, 0.2) is 73.1 Å². The molecule has 1 atom stereocenters. The number of carbonyl (C=O) groups is 2. The molecule has 2 aromatic carbocycles. The molecule has 0 saturated carbocycles. The second-order valence-electron chi connectivity index (χ2n) is 7.05. The molecule has 1 aliphatic rings. The summed E-state index contributed by atoms with van der Waals surface area (Å²) in [6, 6.07) is 19.4. The number of anilines is 1. The summed E-state index contributed by atoms with van der Waals surface area (Å²) >= 11 is 0. The van der Waals surface area contributed by atoms with E-state index in [9.17, 15) is 9.59 Å². The number of benzene rings is 2. The fourth-order valence-corrected chi connectivity index (χ4v) is 3.48. The molecule has 6 heteroatoms. The van der Waals surface area contributed by atoms with E-state index in [1.165, 1.54) is 0 Å². The van der Waals surface area contributed by atoms with Gasteiger partial charge >= 0.3 is 0 Å². The average Bonchev–Trinajstić information content (AvgIpc) is 3.33. The predicted molar refractivity (Wildman–Crippen MR) is 106 cm³/mol. The van der Waals surface area contributed by atoms with Crippen LogP contribution in [0, 0.1) is 5.92 Å². The van der Waals surface area contributed by atoms with Crippen molar-refractivity contribution in [1.29, 1.82) is 0 Å². The Hall–Kier alpha value is -3.41. The number of amides is 2. The van der Waals surface area contributed by atoms with Crippen LogP contribution in [0.5, 0.6) is 0 Å². The molecule has 0 aliphatic carbocycles. The molecule has 142 valence electrons. The van der Waals surface area contributed by atoms with Crippen molar-refractivity contribution in [3.8, 4) is 0 Å². The Morgan fingerprint density at radius 1 is 1.04 bits per heavy atom. The van der Waals surface area contributed by atoms with Gasteiger partial charge in [-0.25, -0.2) is 0 Å². The molecule has 1 aromatic heterocycles. The summed E-state index contributed by atoms with van der Waals surface area (Å²) < 4.78 is 1.83. The van der Waals surface area contributed by atoms with Crippen molar-refractivity contribution >= 4 is 17.5 Å². The van der Waals surface area contributed by atoms with Gasteiger partial charge in [0.25, 0.3) is 0 Å². The summed E-state index contributed by atoms with van der Waals surface area (Å²) in [6.07, 6.45) is 3.90. The van der Waals surface area contributed by atoms with E-state index in [1.54, 1.807) is 11.1 Å². The van der Waals surface area contributed by atoms with Gasteiger partial charge in [0.2, 0.25) is 11.8 Å². The van der Waals surface area contributed by atoms with Crippen molar-refractivity contribution in [2.75, 3.05) is 11.9 Å². The van der Waals surface area contributed by atoms with Crippen LogP contribution in [-0.2, 0) is 22.7 Å². The maximum Gasteiger partial charge on any atom is 0.229 e. The van der Waals surface area contributed by atoms with E-state index in [2.05, 4.69) is 10.4 Å². The molecule has 1 N–H and O–H groups in total. The summed E-state index contributed by atoms with van der Waals surface area (Å²) in [5.74, 6) is -0.414. The van der Waals surface area contributed by atoms with Gasteiger partial charge in [-0.05, 0) is 29.3 Å². The van der Waals surface area contributed by atoms with Gasteiger partial charge in [0.1, 0.15) is 0 Å². The molecule has 1 fully saturated rings. The minimum absolute atomic E-state index is 0.0245. The van der Waals surface area contributed by atoms with Crippen LogP contribution in [0.25, 0.3) is 0 Å². The van der Waals surface area contributed by atoms with E-state index in [1.807, 2.05) is 71.5 Å². The first kappa shape index (κ1) is 18.0. The SMILES string of the molecule is O=C(Nc1cccc(Cn2cccn2)c1)C1CC(=O)N(Cc2ccccc2)C1. The van der Waals surface area contributed by atoms with Crippen molar-refractivity contribution in [2.24, 2.45) is 5.92 Å². The normalized spacial score (nSPS) is 16.4. The molecule has 2 heterocycles. The third kappa shape index (κ3) is 4.28. The number of carbonyl (C=O) groups excluding carboxylic acids is 2. The van der Waals surface area contributed by atoms with Crippen LogP contribution in [0.1, 0.15) is 17.5 Å². The largest absolute Gasteiger partial charge is 0.338 e. The standard InChI is InChI=1S/C22H22N4O2/c27-21-13-19(16-25(21)14-17-6-2-1-3-7-17)22(28)24-20-9-4-8-18(12-20)15-26-11-5-10-23-26/h1-12,19H,13-16H2,(H,24,28). The topological polar surface area (TPSA) is 67.2 Å². The molecular formula is C22H22N4O2. The molecule has 4 rings (SSSR count). The Kier molecular flexibility index (Phi) is 5.19. The van der Waals surface area contributed by atoms with Crippen LogP contribution in [-0.4, -0.2) is 33.0 Å². The second kappa shape index (κ2) is 8.08. The predicted octanol–water partition coefficient (Wildman–Crippen LogP) is 2.92. The number of rotatable bonds is 6. The molecule has 0 radical (unpaired) electrons. The lowest BCUT2D eigenvalue weighted by Crippen LogP contribution is -2.28. The van der Waals surface area contributed by atoms with Crippen molar-refractivity contribution in [2.45, 2.75) is 19.5 Å². The fourth-order valence-electron chi connectivity index (χ4n) is 3.48. The van der Waals surface area contributed by atoms with Gasteiger partial charge in [0.15, 0.2) is 0 Å². The Balaban J connectivity index is 1.37. The number of nitrogens with one attached hydrogen (secondary N) is 1. The maximum absolute atomic E-state index is 12.7. The highest BCUT2D eigenvalue weighted by atomic mass is 16.2. The minimum Gasteiger partial charge on any atom is -0.338 e. The molecular weight excluding hydrogens is 352 g/mol. The zero-order chi connectivity index (χ0) is 19.3. The van der Waals surface area contributed by atoms with Crippen LogP contribution in [0.3, 0.4) is 0 Å². The van der Waals surface area contributed by atoms with Gasteiger partial charge in [-0.3, -0.25) is 14.3 Å². The van der Waals surface area contributed by atoms with Gasteiger partial charge in [0.05, 0.1) is 12.5 Å². The molecule has 3 aromatic rings. The molecule has 28 heavy (non-hydrogen) atoms. The Morgan fingerprint density at radius 3 is 2.64 bits per heavy atom. The van der Waals surface area contributed by atoms with E-state index >= 15 is 0 Å². The average molecular weight is 374 g/mol. The van der Waals surface area contributed by atoms with E-state index in [0.717, 1.165) is 16.8 Å². The zero-order valence-corrected chi connectivity index (χ0v) is 15.5. The lowest BCUT2D eigenvalue weighted by Gasteiger charge is -2.16. The monoisotopic (exact) mass is 374 g/mol. The first-order chi connectivity index (χ1) is 13.7. The van der Waals surface area contributed by atoms with Gasteiger partial charge in [-0.15, -0.1) is 0 Å². The summed E-state index contributed by atoms with van der Waals surface area (Å²) in [6.45, 7) is 1.64. The van der Waals surface area contributed by atoms with Crippen LogP contribution in [0.2, 0.25) is 0 Å². The van der Waals surface area contributed by atoms with Crippen molar-refractivity contribution in [3.63, 3.8) is 0 Å². The highest BCUT2D eigenvalue weighted by Gasteiger charge is 2.34. The quantitative estimate of drug-likeness (QED) is 0.721. The van der Waals surface area contributed by atoms with Gasteiger partial charge in [-0.2, -0.15) is 5.10 Å². The van der Waals surface area contributed by atoms with Crippen LogP contribution >= 0.6 is 0 Å². The molecule has 0 bridgehead atoms. The molecule has 1 saturated heterocycles. The zero-order valence-electron chi connectivity index (χ0n) is 15.5. The van der Waals surface area contributed by atoms with Crippen molar-refractivity contribution < 1.29 is 9.59 Å². The number of hydrogen-bond acceptors (Lipinski definition) is 3. The number of likely N-dealkylation sites (tertiary alicyclic amines) is 1. The summed E-state index contributed by atoms with van der Waals surface area (Å²) in [5.41, 5.74) is 2.86. The van der Waals surface area contributed by atoms with Crippen molar-refractivity contribution in [3.05, 3.63) is 84.2 Å². The number of aromatic nitrogens is 2. The highest BCUT2D eigenvalue weighted by Crippen LogP contribution is 2.22. The minimum atomic E-state index is -0.328. The third-order valence-electron chi connectivity index (χ3n) is 4.90. The fraction of sp³-hybridized carbons (Fsp3) is 0.227. The summed E-state index contributed by atoms with van der Waals surface area (Å²) in [5, 5.41) is 7.16. The molecule has 1 unspecified atom stereocenters. The lowest BCUT2D eigenvalue weighted by molar-refractivity contribution is -0.128. The highest BCUT2D eigenvalue weighted by molar-refractivity contribution is 5.97. The van der Waals surface area contributed by atoms with Gasteiger partial charge in [0, 0.05) is 37.6 Å². The van der Waals surface area contributed by atoms with Gasteiger partial charge in [-0.1, -0.05) is 42.5 Å². The molecule has 6 nitrogen and oxygen atoms in total. The lowest BCUT2D eigenvalue weighted by atomic mass is 10.1. The smallest absolute Gasteiger partial charge is 0.229 e. The maximum atomic E-state index is 12.7. The Labute approximate surface area is 163 Å². The number of nitrogens with zero attached hydrogens (tertiary/aromatic N) is 3. The second-order valence-corrected chi connectivity index (χ2v) is 7.05. The summed E-state index contributed by atoms with van der Waals surface area (Å²) in [4.78, 5) is 26.8. The number of hydrogen-bond donors (Lipinski definition) is 1. The van der Waals surface area contributed by atoms with E-state index in [4.69, 9.17) is 0 Å².